The minimum Gasteiger partial charge on any atom is -0.497 e. The molecule has 0 saturated carbocycles. The van der Waals surface area contributed by atoms with Crippen LogP contribution in [0.3, 0.4) is 0 Å². The number of carbonyl (C=O) groups is 1. The molecule has 1 amide bonds. The molecule has 4 nitrogen and oxygen atoms in total. The van der Waals surface area contributed by atoms with Crippen molar-refractivity contribution in [3.8, 4) is 11.5 Å². The van der Waals surface area contributed by atoms with Crippen LogP contribution in [-0.2, 0) is 16.6 Å². The maximum Gasteiger partial charge on any atom is 0.246 e. The zero-order valence-corrected chi connectivity index (χ0v) is 19.4. The molecule has 0 saturated heterocycles. The molecule has 2 aliphatic rings. The van der Waals surface area contributed by atoms with Gasteiger partial charge in [-0.25, -0.2) is 0 Å². The molecular formula is C28H29NO3. The lowest BCUT2D eigenvalue weighted by atomic mass is 9.76. The van der Waals surface area contributed by atoms with Gasteiger partial charge in [-0.3, -0.25) is 9.69 Å². The van der Waals surface area contributed by atoms with E-state index in [0.717, 1.165) is 58.0 Å². The number of ether oxygens (including phenoxy) is 2. The van der Waals surface area contributed by atoms with Crippen LogP contribution in [0.15, 0.2) is 60.7 Å². The maximum absolute atomic E-state index is 14.1. The number of aryl methyl sites for hydroxylation is 2. The summed E-state index contributed by atoms with van der Waals surface area (Å²) in [7, 11) is 1.66. The number of anilines is 2. The first kappa shape index (κ1) is 20.6. The molecule has 1 unspecified atom stereocenters. The molecule has 5 rings (SSSR count). The molecule has 4 heteroatoms. The third-order valence-corrected chi connectivity index (χ3v) is 6.89. The molecule has 0 bridgehead atoms. The zero-order valence-electron chi connectivity index (χ0n) is 19.4. The number of rotatable bonds is 3. The molecule has 2 aliphatic heterocycles. The SMILES string of the molecule is COc1ccc2c(c1)C(C)(c1ccc3c(c1)CCC(C)(C)O3)C(=O)N2c1cccc(C)c1. The van der Waals surface area contributed by atoms with Gasteiger partial charge in [0.25, 0.3) is 0 Å². The van der Waals surface area contributed by atoms with Crippen LogP contribution in [0.2, 0.25) is 0 Å². The second kappa shape index (κ2) is 7.13. The number of amides is 1. The van der Waals surface area contributed by atoms with Crippen molar-refractivity contribution in [1.82, 2.24) is 0 Å². The average molecular weight is 428 g/mol. The van der Waals surface area contributed by atoms with Gasteiger partial charge in [0.05, 0.1) is 18.2 Å². The monoisotopic (exact) mass is 427 g/mol. The summed E-state index contributed by atoms with van der Waals surface area (Å²) < 4.78 is 11.7. The van der Waals surface area contributed by atoms with Gasteiger partial charge in [0.1, 0.15) is 17.1 Å². The van der Waals surface area contributed by atoms with Crippen molar-refractivity contribution in [2.24, 2.45) is 0 Å². The molecule has 32 heavy (non-hydrogen) atoms. The minimum absolute atomic E-state index is 0.0448. The van der Waals surface area contributed by atoms with E-state index in [1.807, 2.05) is 67.3 Å². The second-order valence-electron chi connectivity index (χ2n) is 9.67. The Kier molecular flexibility index (Phi) is 4.59. The lowest BCUT2D eigenvalue weighted by Gasteiger charge is -2.34. The molecule has 3 aromatic rings. The van der Waals surface area contributed by atoms with Crippen molar-refractivity contribution in [2.45, 2.75) is 51.6 Å². The van der Waals surface area contributed by atoms with E-state index in [1.54, 1.807) is 7.11 Å². The normalized spacial score (nSPS) is 21.0. The molecule has 0 fully saturated rings. The van der Waals surface area contributed by atoms with E-state index in [2.05, 4.69) is 26.0 Å². The van der Waals surface area contributed by atoms with Crippen molar-refractivity contribution in [3.63, 3.8) is 0 Å². The van der Waals surface area contributed by atoms with E-state index in [-0.39, 0.29) is 11.5 Å². The van der Waals surface area contributed by atoms with E-state index in [0.29, 0.717) is 0 Å². The first-order valence-corrected chi connectivity index (χ1v) is 11.2. The highest BCUT2D eigenvalue weighted by Gasteiger charge is 2.49. The predicted octanol–water partition coefficient (Wildman–Crippen LogP) is 6.09. The number of benzene rings is 3. The third-order valence-electron chi connectivity index (χ3n) is 6.89. The standard InChI is InChI=1S/C28H29NO3/c1-18-7-6-8-21(15-18)29-24-11-10-22(31-5)17-23(24)28(4,26(29)30)20-9-12-25-19(16-20)13-14-27(2,3)32-25/h6-12,15-17H,13-14H2,1-5H3. The molecule has 0 aromatic heterocycles. The van der Waals surface area contributed by atoms with E-state index < -0.39 is 5.41 Å². The number of carbonyl (C=O) groups excluding carboxylic acids is 1. The number of hydrogen-bond donors (Lipinski definition) is 0. The molecule has 0 radical (unpaired) electrons. The number of hydrogen-bond acceptors (Lipinski definition) is 3. The van der Waals surface area contributed by atoms with Gasteiger partial charge < -0.3 is 9.47 Å². The fraction of sp³-hybridized carbons (Fsp3) is 0.321. The van der Waals surface area contributed by atoms with Crippen LogP contribution in [0, 0.1) is 6.92 Å². The van der Waals surface area contributed by atoms with Crippen molar-refractivity contribution < 1.29 is 14.3 Å². The van der Waals surface area contributed by atoms with Gasteiger partial charge in [-0.05, 0) is 99.2 Å². The molecule has 0 spiro atoms. The van der Waals surface area contributed by atoms with Crippen LogP contribution in [-0.4, -0.2) is 18.6 Å². The molecule has 3 aromatic carbocycles. The fourth-order valence-corrected chi connectivity index (χ4v) is 4.96. The Labute approximate surface area is 189 Å². The summed E-state index contributed by atoms with van der Waals surface area (Å²) in [5, 5.41) is 0. The van der Waals surface area contributed by atoms with Crippen molar-refractivity contribution in [1.29, 1.82) is 0 Å². The maximum atomic E-state index is 14.1. The molecule has 0 aliphatic carbocycles. The van der Waals surface area contributed by atoms with Crippen LogP contribution in [0.5, 0.6) is 11.5 Å². The molecule has 164 valence electrons. The summed E-state index contributed by atoms with van der Waals surface area (Å²) in [5.74, 6) is 1.71. The van der Waals surface area contributed by atoms with Gasteiger partial charge in [0.15, 0.2) is 0 Å². The lowest BCUT2D eigenvalue weighted by Crippen LogP contribution is -2.37. The molecule has 1 atom stereocenters. The van der Waals surface area contributed by atoms with Crippen molar-refractivity contribution in [3.05, 3.63) is 82.9 Å². The summed E-state index contributed by atoms with van der Waals surface area (Å²) in [5.41, 5.74) is 5.02. The third kappa shape index (κ3) is 3.09. The van der Waals surface area contributed by atoms with Crippen molar-refractivity contribution >= 4 is 17.3 Å². The number of methoxy groups -OCH3 is 1. The van der Waals surface area contributed by atoms with Gasteiger partial charge >= 0.3 is 0 Å². The van der Waals surface area contributed by atoms with Gasteiger partial charge in [-0.15, -0.1) is 0 Å². The molecular weight excluding hydrogens is 398 g/mol. The second-order valence-corrected chi connectivity index (χ2v) is 9.67. The average Bonchev–Trinajstić information content (AvgIpc) is 3.00. The lowest BCUT2D eigenvalue weighted by molar-refractivity contribution is -0.120. The summed E-state index contributed by atoms with van der Waals surface area (Å²) in [6.45, 7) is 8.31. The van der Waals surface area contributed by atoms with Gasteiger partial charge in [0.2, 0.25) is 5.91 Å². The minimum atomic E-state index is -0.824. The van der Waals surface area contributed by atoms with Gasteiger partial charge in [0, 0.05) is 5.69 Å². The quantitative estimate of drug-likeness (QED) is 0.508. The van der Waals surface area contributed by atoms with E-state index in [1.165, 1.54) is 0 Å². The first-order chi connectivity index (χ1) is 15.2. The predicted molar refractivity (Wildman–Crippen MR) is 127 cm³/mol. The van der Waals surface area contributed by atoms with Crippen LogP contribution < -0.4 is 14.4 Å². The van der Waals surface area contributed by atoms with Crippen LogP contribution >= 0.6 is 0 Å². The Bertz CT molecular complexity index is 1230. The Hall–Kier alpha value is -3.27. The molecule has 0 N–H and O–H groups in total. The van der Waals surface area contributed by atoms with E-state index >= 15 is 0 Å². The first-order valence-electron chi connectivity index (χ1n) is 11.2. The topological polar surface area (TPSA) is 38.8 Å². The van der Waals surface area contributed by atoms with Gasteiger partial charge in [-0.1, -0.05) is 24.3 Å². The Morgan fingerprint density at radius 2 is 1.81 bits per heavy atom. The summed E-state index contributed by atoms with van der Waals surface area (Å²) in [6.07, 6.45) is 1.89. The van der Waals surface area contributed by atoms with Crippen LogP contribution in [0.4, 0.5) is 11.4 Å². The van der Waals surface area contributed by atoms with Crippen molar-refractivity contribution in [2.75, 3.05) is 12.0 Å². The Morgan fingerprint density at radius 1 is 1.00 bits per heavy atom. The highest BCUT2D eigenvalue weighted by atomic mass is 16.5. The molecule has 2 heterocycles. The Balaban J connectivity index is 1.68. The van der Waals surface area contributed by atoms with E-state index in [9.17, 15) is 4.79 Å². The summed E-state index contributed by atoms with van der Waals surface area (Å²) >= 11 is 0. The smallest absolute Gasteiger partial charge is 0.246 e. The highest BCUT2D eigenvalue weighted by Crippen LogP contribution is 2.51. The summed E-state index contributed by atoms with van der Waals surface area (Å²) in [6, 6.07) is 20.2. The van der Waals surface area contributed by atoms with Crippen LogP contribution in [0.25, 0.3) is 0 Å². The highest BCUT2D eigenvalue weighted by molar-refractivity contribution is 6.14. The number of nitrogens with zero attached hydrogens (tertiary/aromatic N) is 1. The largest absolute Gasteiger partial charge is 0.497 e. The fourth-order valence-electron chi connectivity index (χ4n) is 4.96. The van der Waals surface area contributed by atoms with Crippen LogP contribution in [0.1, 0.15) is 49.4 Å². The summed E-state index contributed by atoms with van der Waals surface area (Å²) in [4.78, 5) is 16.0. The zero-order chi connectivity index (χ0) is 22.7. The van der Waals surface area contributed by atoms with Gasteiger partial charge in [-0.2, -0.15) is 0 Å². The van der Waals surface area contributed by atoms with E-state index in [4.69, 9.17) is 9.47 Å². The Morgan fingerprint density at radius 3 is 2.56 bits per heavy atom. The number of fused-ring (bicyclic) bond motifs is 2.